The fraction of sp³-hybridized carbons (Fsp3) is 0.944. The minimum absolute atomic E-state index is 0.103. The van der Waals surface area contributed by atoms with Gasteiger partial charge in [-0.3, -0.25) is 37.3 Å². The van der Waals surface area contributed by atoms with Crippen LogP contribution in [0.2, 0.25) is 0 Å². The van der Waals surface area contributed by atoms with Crippen LogP contribution in [0.5, 0.6) is 0 Å². The maximum Gasteiger partial charge on any atom is 0.472 e. The molecule has 17 nitrogen and oxygen atoms in total. The molecule has 3 N–H and O–H groups in total. The number of phosphoric acid groups is 2. The van der Waals surface area contributed by atoms with E-state index in [9.17, 15) is 43.2 Å². The molecule has 0 fully saturated rings. The van der Waals surface area contributed by atoms with Crippen molar-refractivity contribution in [1.82, 2.24) is 0 Å². The van der Waals surface area contributed by atoms with E-state index in [1.807, 2.05) is 0 Å². The summed E-state index contributed by atoms with van der Waals surface area (Å²) in [7, 11) is -9.90. The molecular formula is C71H138O17P2. The van der Waals surface area contributed by atoms with Crippen molar-refractivity contribution in [3.8, 4) is 0 Å². The first kappa shape index (κ1) is 88.1. The second-order valence-corrected chi connectivity index (χ2v) is 30.0. The van der Waals surface area contributed by atoms with Crippen LogP contribution in [0.25, 0.3) is 0 Å². The van der Waals surface area contributed by atoms with Gasteiger partial charge in [0.05, 0.1) is 26.4 Å². The molecule has 0 aliphatic rings. The number of aliphatic hydroxyl groups excluding tert-OH is 1. The Bertz CT molecular complexity index is 1790. The maximum absolute atomic E-state index is 13.0. The molecule has 0 saturated heterocycles. The van der Waals surface area contributed by atoms with Crippen LogP contribution in [-0.4, -0.2) is 96.7 Å². The highest BCUT2D eigenvalue weighted by molar-refractivity contribution is 7.47. The van der Waals surface area contributed by atoms with Crippen molar-refractivity contribution < 1.29 is 80.2 Å². The van der Waals surface area contributed by atoms with Crippen LogP contribution < -0.4 is 0 Å². The van der Waals surface area contributed by atoms with Crippen molar-refractivity contribution in [2.75, 3.05) is 39.6 Å². The number of carbonyl (C=O) groups excluding carboxylic acids is 4. The van der Waals surface area contributed by atoms with E-state index in [2.05, 4.69) is 55.4 Å². The van der Waals surface area contributed by atoms with Crippen LogP contribution >= 0.6 is 15.6 Å². The molecule has 0 heterocycles. The summed E-state index contributed by atoms with van der Waals surface area (Å²) in [5.41, 5.74) is 0. The Kier molecular flexibility index (Phi) is 59.4. The Hall–Kier alpha value is -1.94. The Morgan fingerprint density at radius 3 is 0.789 bits per heavy atom. The molecule has 0 aromatic carbocycles. The summed E-state index contributed by atoms with van der Waals surface area (Å²) in [6.45, 7) is 14.1. The van der Waals surface area contributed by atoms with Crippen molar-refractivity contribution >= 4 is 39.5 Å². The number of esters is 4. The van der Waals surface area contributed by atoms with Gasteiger partial charge in [-0.15, -0.1) is 0 Å². The monoisotopic (exact) mass is 1320 g/mol. The third-order valence-corrected chi connectivity index (χ3v) is 18.9. The number of aliphatic hydroxyl groups is 1. The van der Waals surface area contributed by atoms with Gasteiger partial charge in [-0.05, 0) is 49.4 Å². The summed E-state index contributed by atoms with van der Waals surface area (Å²) in [5.74, 6) is 0.891. The van der Waals surface area contributed by atoms with Crippen molar-refractivity contribution in [2.45, 2.75) is 369 Å². The highest BCUT2D eigenvalue weighted by Crippen LogP contribution is 2.45. The van der Waals surface area contributed by atoms with Gasteiger partial charge in [-0.25, -0.2) is 9.13 Å². The van der Waals surface area contributed by atoms with Crippen molar-refractivity contribution in [3.63, 3.8) is 0 Å². The summed E-state index contributed by atoms with van der Waals surface area (Å²) in [4.78, 5) is 72.6. The van der Waals surface area contributed by atoms with E-state index in [1.54, 1.807) is 0 Å². The first-order valence-electron chi connectivity index (χ1n) is 36.8. The first-order valence-corrected chi connectivity index (χ1v) is 39.8. The Labute approximate surface area is 549 Å². The number of carbonyl (C=O) groups is 4. The topological polar surface area (TPSA) is 237 Å². The standard InChI is InChI=1S/C71H138O17P2/c1-9-63(7)49-41-33-25-20-22-26-35-43-51-68(73)81-57-66(87-70(75)53-45-37-27-18-16-14-12-11-13-15-17-23-31-39-47-61(3)4)59-85-89(77,78)83-55-65(72)56-84-90(79,80)86-60-67(58-82-69(74)52-44-36-30-29-34-42-50-64(8)10-2)88-71(76)54-46-38-28-21-19-24-32-40-48-62(5)6/h61-67,72H,9-60H2,1-8H3,(H,77,78)(H,79,80)/t63?,64?,65-,66-,67-/m1/s1. The van der Waals surface area contributed by atoms with Crippen molar-refractivity contribution in [2.24, 2.45) is 23.7 Å². The second-order valence-electron chi connectivity index (χ2n) is 27.1. The average molecular weight is 1330 g/mol. The molecule has 7 atom stereocenters. The van der Waals surface area contributed by atoms with Gasteiger partial charge in [0.2, 0.25) is 0 Å². The van der Waals surface area contributed by atoms with Crippen LogP contribution in [0.15, 0.2) is 0 Å². The average Bonchev–Trinajstić information content (AvgIpc) is 3.65. The minimum atomic E-state index is -4.95. The lowest BCUT2D eigenvalue weighted by molar-refractivity contribution is -0.161. The molecule has 4 unspecified atom stereocenters. The van der Waals surface area contributed by atoms with Crippen molar-refractivity contribution in [3.05, 3.63) is 0 Å². The number of rotatable bonds is 68. The summed E-state index contributed by atoms with van der Waals surface area (Å²) in [6, 6.07) is 0. The highest BCUT2D eigenvalue weighted by Gasteiger charge is 2.30. The largest absolute Gasteiger partial charge is 0.472 e. The zero-order valence-corrected chi connectivity index (χ0v) is 60.6. The lowest BCUT2D eigenvalue weighted by atomic mass is 9.99. The second kappa shape index (κ2) is 60.7. The predicted molar refractivity (Wildman–Crippen MR) is 363 cm³/mol. The lowest BCUT2D eigenvalue weighted by Crippen LogP contribution is -2.30. The molecule has 0 bridgehead atoms. The Balaban J connectivity index is 5.25. The van der Waals surface area contributed by atoms with Gasteiger partial charge in [0.25, 0.3) is 0 Å². The number of unbranched alkanes of at least 4 members (excludes halogenated alkanes) is 32. The van der Waals surface area contributed by atoms with Crippen molar-refractivity contribution in [1.29, 1.82) is 0 Å². The predicted octanol–water partition coefficient (Wildman–Crippen LogP) is 20.1. The third-order valence-electron chi connectivity index (χ3n) is 17.0. The van der Waals surface area contributed by atoms with Gasteiger partial charge in [0.1, 0.15) is 19.3 Å². The molecule has 0 saturated carbocycles. The molecule has 19 heteroatoms. The molecule has 0 radical (unpaired) electrons. The molecule has 90 heavy (non-hydrogen) atoms. The van der Waals surface area contributed by atoms with E-state index >= 15 is 0 Å². The van der Waals surface area contributed by atoms with E-state index in [4.69, 9.17) is 37.0 Å². The first-order chi connectivity index (χ1) is 43.2. The summed E-state index contributed by atoms with van der Waals surface area (Å²) in [5, 5.41) is 10.6. The van der Waals surface area contributed by atoms with Crippen LogP contribution in [0.1, 0.15) is 351 Å². The Morgan fingerprint density at radius 2 is 0.533 bits per heavy atom. The van der Waals surface area contributed by atoms with E-state index in [0.717, 1.165) is 120 Å². The fourth-order valence-electron chi connectivity index (χ4n) is 10.6. The van der Waals surface area contributed by atoms with Crippen LogP contribution in [0, 0.1) is 23.7 Å². The van der Waals surface area contributed by atoms with Gasteiger partial charge >= 0.3 is 39.5 Å². The zero-order valence-electron chi connectivity index (χ0n) is 58.8. The smallest absolute Gasteiger partial charge is 0.462 e. The van der Waals surface area contributed by atoms with Crippen LogP contribution in [0.3, 0.4) is 0 Å². The highest BCUT2D eigenvalue weighted by atomic mass is 31.2. The summed E-state index contributed by atoms with van der Waals surface area (Å²) < 4.78 is 68.3. The van der Waals surface area contributed by atoms with E-state index in [-0.39, 0.29) is 25.7 Å². The maximum atomic E-state index is 13.0. The lowest BCUT2D eigenvalue weighted by Gasteiger charge is -2.21. The van der Waals surface area contributed by atoms with Gasteiger partial charge in [-0.1, -0.05) is 299 Å². The summed E-state index contributed by atoms with van der Waals surface area (Å²) >= 11 is 0. The quantitative estimate of drug-likeness (QED) is 0.0222. The molecule has 0 aliphatic heterocycles. The third kappa shape index (κ3) is 62.2. The molecule has 0 rings (SSSR count). The van der Waals surface area contributed by atoms with Crippen LogP contribution in [0.4, 0.5) is 0 Å². The molecule has 0 spiro atoms. The van der Waals surface area contributed by atoms with Gasteiger partial charge in [0.15, 0.2) is 12.2 Å². The van der Waals surface area contributed by atoms with Gasteiger partial charge in [-0.2, -0.15) is 0 Å². The number of hydrogen-bond donors (Lipinski definition) is 3. The SMILES string of the molecule is CCC(C)CCCCCCCCCCC(=O)OC[C@H](COP(=O)(O)OC[C@@H](O)COP(=O)(O)OC[C@@H](COC(=O)CCCCCCCCC(C)CC)OC(=O)CCCCCCCCCCC(C)C)OC(=O)CCCCCCCCCCCCCCCCC(C)C. The van der Waals surface area contributed by atoms with Gasteiger partial charge in [0, 0.05) is 25.7 Å². The normalized spacial score (nSPS) is 14.9. The minimum Gasteiger partial charge on any atom is -0.462 e. The van der Waals surface area contributed by atoms with E-state index < -0.39 is 97.5 Å². The van der Waals surface area contributed by atoms with Gasteiger partial charge < -0.3 is 33.8 Å². The van der Waals surface area contributed by atoms with E-state index in [1.165, 1.54) is 148 Å². The molecule has 0 amide bonds. The number of phosphoric ester groups is 2. The number of hydrogen-bond acceptors (Lipinski definition) is 15. The zero-order chi connectivity index (χ0) is 66.8. The molecule has 0 aliphatic carbocycles. The molecule has 534 valence electrons. The fourth-order valence-corrected chi connectivity index (χ4v) is 12.2. The van der Waals surface area contributed by atoms with E-state index in [0.29, 0.717) is 25.7 Å². The number of ether oxygens (including phenoxy) is 4. The Morgan fingerprint density at radius 1 is 0.311 bits per heavy atom. The summed E-state index contributed by atoms with van der Waals surface area (Å²) in [6.07, 6.45) is 43.1. The molecule has 0 aromatic rings. The van der Waals surface area contributed by atoms with Crippen LogP contribution in [-0.2, 0) is 65.4 Å². The molecule has 0 aromatic heterocycles. The molecular weight excluding hydrogens is 1190 g/mol.